The maximum Gasteiger partial charge on any atom is 0.331 e. The van der Waals surface area contributed by atoms with Gasteiger partial charge >= 0.3 is 5.97 Å². The normalized spacial score (nSPS) is 15.3. The molecule has 96 valence electrons. The molecule has 1 aromatic carbocycles. The lowest BCUT2D eigenvalue weighted by Crippen LogP contribution is -2.99. The molecular weight excluding hydrogens is 236 g/mol. The third kappa shape index (κ3) is 2.49. The van der Waals surface area contributed by atoms with Crippen LogP contribution in [0.15, 0.2) is 24.3 Å². The Hall–Kier alpha value is -1.94. The summed E-state index contributed by atoms with van der Waals surface area (Å²) in [5, 5.41) is 28.2. The largest absolute Gasteiger partial charge is 0.595 e. The van der Waals surface area contributed by atoms with Crippen molar-refractivity contribution in [3.63, 3.8) is 0 Å². The number of nitriles is 1. The van der Waals surface area contributed by atoms with Crippen molar-refractivity contribution < 1.29 is 20.0 Å². The Balaban J connectivity index is 3.33. The zero-order valence-electron chi connectivity index (χ0n) is 10.1. The van der Waals surface area contributed by atoms with Gasteiger partial charge in [0.25, 0.3) is 0 Å². The summed E-state index contributed by atoms with van der Waals surface area (Å²) in [5.74, 6) is -0.749. The van der Waals surface area contributed by atoms with Crippen molar-refractivity contribution in [2.24, 2.45) is 0 Å². The predicted octanol–water partition coefficient (Wildman–Crippen LogP) is 0.434. The van der Waals surface area contributed by atoms with Gasteiger partial charge in [-0.15, -0.1) is 0 Å². The molecule has 0 bridgehead atoms. The van der Waals surface area contributed by atoms with Gasteiger partial charge in [-0.05, 0) is 13.8 Å². The van der Waals surface area contributed by atoms with Crippen LogP contribution >= 0.6 is 0 Å². The van der Waals surface area contributed by atoms with E-state index in [2.05, 4.69) is 0 Å². The Kier molecular flexibility index (Phi) is 4.39. The third-order valence-corrected chi connectivity index (χ3v) is 2.60. The highest BCUT2D eigenvalue weighted by Crippen LogP contribution is 2.29. The number of ether oxygens (including phenoxy) is 1. The number of hydrogen-bond acceptors (Lipinski definition) is 5. The van der Waals surface area contributed by atoms with E-state index < -0.39 is 16.6 Å². The maximum atomic E-state index is 11.8. The molecule has 0 radical (unpaired) electrons. The fourth-order valence-corrected chi connectivity index (χ4v) is 1.60. The SMILES string of the molecule is CCOC(=O)[C@](C)(C#N)c1ccccc1[NH+]([O-])O. The third-order valence-electron chi connectivity index (χ3n) is 2.60. The lowest BCUT2D eigenvalue weighted by molar-refractivity contribution is -0.991. The molecule has 0 saturated heterocycles. The molecule has 2 N–H and O–H groups in total. The van der Waals surface area contributed by atoms with Crippen LogP contribution in [0.1, 0.15) is 19.4 Å². The van der Waals surface area contributed by atoms with E-state index in [4.69, 9.17) is 9.94 Å². The second kappa shape index (κ2) is 5.60. The van der Waals surface area contributed by atoms with Crippen molar-refractivity contribution >= 4 is 11.7 Å². The molecular formula is C12H14N2O4. The van der Waals surface area contributed by atoms with Gasteiger partial charge in [0, 0.05) is 11.6 Å². The van der Waals surface area contributed by atoms with E-state index in [1.165, 1.54) is 25.1 Å². The van der Waals surface area contributed by atoms with Crippen LogP contribution in [0.5, 0.6) is 0 Å². The van der Waals surface area contributed by atoms with Crippen LogP contribution in [-0.2, 0) is 14.9 Å². The summed E-state index contributed by atoms with van der Waals surface area (Å²) >= 11 is 0. The summed E-state index contributed by atoms with van der Waals surface area (Å²) in [5.41, 5.74) is -1.56. The number of benzene rings is 1. The van der Waals surface area contributed by atoms with Crippen molar-refractivity contribution in [2.75, 3.05) is 6.61 Å². The Morgan fingerprint density at radius 1 is 1.61 bits per heavy atom. The summed E-state index contributed by atoms with van der Waals surface area (Å²) in [6, 6.07) is 7.76. The fraction of sp³-hybridized carbons (Fsp3) is 0.333. The molecule has 1 unspecified atom stereocenters. The van der Waals surface area contributed by atoms with Gasteiger partial charge in [-0.2, -0.15) is 10.5 Å². The molecule has 0 saturated carbocycles. The van der Waals surface area contributed by atoms with Gasteiger partial charge in [0.1, 0.15) is 0 Å². The minimum absolute atomic E-state index is 0.0744. The Bertz CT molecular complexity index is 481. The van der Waals surface area contributed by atoms with Crippen LogP contribution in [0.3, 0.4) is 0 Å². The van der Waals surface area contributed by atoms with Crippen molar-refractivity contribution in [1.29, 1.82) is 5.26 Å². The Morgan fingerprint density at radius 3 is 2.72 bits per heavy atom. The molecule has 0 aliphatic rings. The topological polar surface area (TPSA) is 97.8 Å². The molecule has 1 aromatic rings. The molecule has 1 rings (SSSR count). The van der Waals surface area contributed by atoms with Crippen LogP contribution in [-0.4, -0.2) is 17.8 Å². The smallest absolute Gasteiger partial charge is 0.331 e. The summed E-state index contributed by atoms with van der Waals surface area (Å²) in [6.07, 6.45) is 0. The zero-order valence-corrected chi connectivity index (χ0v) is 10.1. The number of nitrogens with one attached hydrogen (secondary N) is 1. The van der Waals surface area contributed by atoms with Crippen LogP contribution in [0.2, 0.25) is 0 Å². The van der Waals surface area contributed by atoms with Crippen molar-refractivity contribution in [1.82, 2.24) is 0 Å². The summed E-state index contributed by atoms with van der Waals surface area (Å²) in [4.78, 5) is 11.8. The van der Waals surface area contributed by atoms with E-state index in [0.29, 0.717) is 0 Å². The molecule has 2 atom stereocenters. The number of nitrogens with zero attached hydrogens (tertiary/aromatic N) is 1. The standard InChI is InChI=1S/C12H14N2O4/c1-3-18-11(15)12(2,8-13)9-6-4-5-7-10(9)14(16)17/h4-7,14,16H,3H2,1-2H3/t12-/m1/s1. The fourth-order valence-electron chi connectivity index (χ4n) is 1.60. The molecule has 0 amide bonds. The van der Waals surface area contributed by atoms with E-state index in [-0.39, 0.29) is 17.9 Å². The van der Waals surface area contributed by atoms with Crippen molar-refractivity contribution in [3.8, 4) is 6.07 Å². The van der Waals surface area contributed by atoms with E-state index >= 15 is 0 Å². The lowest BCUT2D eigenvalue weighted by atomic mass is 9.83. The minimum Gasteiger partial charge on any atom is -0.595 e. The quantitative estimate of drug-likeness (QED) is 0.596. The molecule has 6 nitrogen and oxygen atoms in total. The highest BCUT2D eigenvalue weighted by Gasteiger charge is 2.40. The molecule has 0 heterocycles. The lowest BCUT2D eigenvalue weighted by Gasteiger charge is -2.23. The first kappa shape index (κ1) is 14.1. The number of para-hydroxylation sites is 1. The van der Waals surface area contributed by atoms with Gasteiger partial charge in [0.15, 0.2) is 11.1 Å². The molecule has 0 aromatic heterocycles. The van der Waals surface area contributed by atoms with Crippen molar-refractivity contribution in [3.05, 3.63) is 35.0 Å². The van der Waals surface area contributed by atoms with Crippen LogP contribution in [0.4, 0.5) is 5.69 Å². The zero-order chi connectivity index (χ0) is 13.8. The number of quaternary nitrogens is 1. The molecule has 0 spiro atoms. The van der Waals surface area contributed by atoms with Gasteiger partial charge in [-0.25, -0.2) is 10.0 Å². The van der Waals surface area contributed by atoms with Crippen LogP contribution in [0, 0.1) is 16.5 Å². The van der Waals surface area contributed by atoms with Gasteiger partial charge in [0.05, 0.1) is 12.7 Å². The second-order valence-electron chi connectivity index (χ2n) is 3.81. The summed E-state index contributed by atoms with van der Waals surface area (Å²) in [6.45, 7) is 3.11. The minimum atomic E-state index is -1.62. The Morgan fingerprint density at radius 2 is 2.22 bits per heavy atom. The summed E-state index contributed by atoms with van der Waals surface area (Å²) in [7, 11) is 0. The highest BCUT2D eigenvalue weighted by molar-refractivity contribution is 5.87. The van der Waals surface area contributed by atoms with Gasteiger partial charge < -0.3 is 9.94 Å². The number of hydrogen-bond donors (Lipinski definition) is 2. The van der Waals surface area contributed by atoms with Crippen LogP contribution < -0.4 is 5.23 Å². The molecule has 6 heteroatoms. The second-order valence-corrected chi connectivity index (χ2v) is 3.81. The van der Waals surface area contributed by atoms with Gasteiger partial charge in [0.2, 0.25) is 0 Å². The number of carbonyl (C=O) groups is 1. The van der Waals surface area contributed by atoms with Gasteiger partial charge in [-0.3, -0.25) is 0 Å². The molecule has 0 fully saturated rings. The average Bonchev–Trinajstić information content (AvgIpc) is 2.38. The van der Waals surface area contributed by atoms with Gasteiger partial charge in [-0.1, -0.05) is 18.2 Å². The first-order valence-electron chi connectivity index (χ1n) is 5.38. The molecule has 18 heavy (non-hydrogen) atoms. The number of rotatable bonds is 4. The average molecular weight is 250 g/mol. The number of esters is 1. The van der Waals surface area contributed by atoms with E-state index in [1.807, 2.05) is 6.07 Å². The van der Waals surface area contributed by atoms with Crippen LogP contribution in [0.25, 0.3) is 0 Å². The van der Waals surface area contributed by atoms with E-state index in [1.54, 1.807) is 13.0 Å². The predicted molar refractivity (Wildman–Crippen MR) is 61.8 cm³/mol. The molecule has 0 aliphatic carbocycles. The van der Waals surface area contributed by atoms with E-state index in [0.717, 1.165) is 0 Å². The molecule has 0 aliphatic heterocycles. The van der Waals surface area contributed by atoms with E-state index in [9.17, 15) is 15.3 Å². The first-order chi connectivity index (χ1) is 8.47. The maximum absolute atomic E-state index is 11.8. The highest BCUT2D eigenvalue weighted by atomic mass is 16.8. The summed E-state index contributed by atoms with van der Waals surface area (Å²) < 4.78 is 4.83. The van der Waals surface area contributed by atoms with Crippen molar-refractivity contribution in [2.45, 2.75) is 19.3 Å². The number of carbonyl (C=O) groups excluding carboxylic acids is 1. The Labute approximate surface area is 105 Å². The monoisotopic (exact) mass is 250 g/mol. The first-order valence-corrected chi connectivity index (χ1v) is 5.38.